The number of rotatable bonds is 3. The molecular formula is C12H21F3N2. The van der Waals surface area contributed by atoms with Crippen LogP contribution in [0.2, 0.25) is 0 Å². The molecule has 0 aromatic rings. The highest BCUT2D eigenvalue weighted by molar-refractivity contribution is 4.92. The molecular weight excluding hydrogens is 229 g/mol. The third-order valence-electron chi connectivity index (χ3n) is 4.37. The topological polar surface area (TPSA) is 29.3 Å². The molecule has 1 aliphatic heterocycles. The van der Waals surface area contributed by atoms with Gasteiger partial charge in [-0.15, -0.1) is 0 Å². The number of nitrogens with two attached hydrogens (primary N) is 1. The SMILES string of the molecule is NCC1(CN2CCCC(C(F)(F)F)C2)CCC1. The van der Waals surface area contributed by atoms with Crippen LogP contribution >= 0.6 is 0 Å². The van der Waals surface area contributed by atoms with E-state index in [1.165, 1.54) is 6.42 Å². The van der Waals surface area contributed by atoms with Gasteiger partial charge in [0.05, 0.1) is 5.92 Å². The van der Waals surface area contributed by atoms with E-state index in [-0.39, 0.29) is 18.4 Å². The van der Waals surface area contributed by atoms with Crippen molar-refractivity contribution >= 4 is 0 Å². The molecule has 2 aliphatic rings. The molecule has 2 nitrogen and oxygen atoms in total. The first kappa shape index (κ1) is 13.1. The van der Waals surface area contributed by atoms with E-state index in [1.54, 1.807) is 0 Å². The molecule has 100 valence electrons. The number of likely N-dealkylation sites (tertiary alicyclic amines) is 1. The summed E-state index contributed by atoms with van der Waals surface area (Å²) in [5, 5.41) is 0. The molecule has 1 unspecified atom stereocenters. The van der Waals surface area contributed by atoms with Gasteiger partial charge in [0.15, 0.2) is 0 Å². The van der Waals surface area contributed by atoms with E-state index in [4.69, 9.17) is 5.73 Å². The minimum Gasteiger partial charge on any atom is -0.330 e. The number of alkyl halides is 3. The van der Waals surface area contributed by atoms with Gasteiger partial charge >= 0.3 is 6.18 Å². The number of hydrogen-bond donors (Lipinski definition) is 1. The Hall–Kier alpha value is -0.290. The van der Waals surface area contributed by atoms with Crippen LogP contribution in [0.5, 0.6) is 0 Å². The first-order valence-corrected chi connectivity index (χ1v) is 6.44. The van der Waals surface area contributed by atoms with E-state index >= 15 is 0 Å². The molecule has 0 spiro atoms. The lowest BCUT2D eigenvalue weighted by Crippen LogP contribution is -2.51. The van der Waals surface area contributed by atoms with Gasteiger partial charge in [-0.25, -0.2) is 0 Å². The molecule has 0 aromatic heterocycles. The summed E-state index contributed by atoms with van der Waals surface area (Å²) in [5.74, 6) is -1.13. The molecule has 1 saturated carbocycles. The van der Waals surface area contributed by atoms with Gasteiger partial charge in [-0.3, -0.25) is 0 Å². The second-order valence-electron chi connectivity index (χ2n) is 5.67. The molecule has 0 bridgehead atoms. The molecule has 1 aliphatic carbocycles. The van der Waals surface area contributed by atoms with Crippen LogP contribution in [0.25, 0.3) is 0 Å². The first-order chi connectivity index (χ1) is 7.95. The summed E-state index contributed by atoms with van der Waals surface area (Å²) in [6, 6.07) is 0. The summed E-state index contributed by atoms with van der Waals surface area (Å²) in [7, 11) is 0. The van der Waals surface area contributed by atoms with Crippen molar-refractivity contribution in [3.05, 3.63) is 0 Å². The van der Waals surface area contributed by atoms with Crippen LogP contribution in [0.1, 0.15) is 32.1 Å². The standard InChI is InChI=1S/C12H21F3N2/c13-12(14,15)10-3-1-6-17(7-10)9-11(8-16)4-2-5-11/h10H,1-9,16H2. The summed E-state index contributed by atoms with van der Waals surface area (Å²) in [6.07, 6.45) is 0.246. The molecule has 1 heterocycles. The lowest BCUT2D eigenvalue weighted by Gasteiger charge is -2.46. The highest BCUT2D eigenvalue weighted by atomic mass is 19.4. The number of piperidine rings is 1. The highest BCUT2D eigenvalue weighted by Gasteiger charge is 2.44. The number of nitrogens with zero attached hydrogens (tertiary/aromatic N) is 1. The summed E-state index contributed by atoms with van der Waals surface area (Å²) in [5.41, 5.74) is 5.88. The van der Waals surface area contributed by atoms with E-state index in [0.717, 1.165) is 25.9 Å². The zero-order valence-electron chi connectivity index (χ0n) is 10.1. The molecule has 0 aromatic carbocycles. The normalized spacial score (nSPS) is 30.0. The Kier molecular flexibility index (Phi) is 3.69. The Balaban J connectivity index is 1.89. The van der Waals surface area contributed by atoms with Crippen molar-refractivity contribution in [2.24, 2.45) is 17.1 Å². The lowest BCUT2D eigenvalue weighted by atomic mass is 9.68. The van der Waals surface area contributed by atoms with Gasteiger partial charge in [0.25, 0.3) is 0 Å². The number of halogens is 3. The van der Waals surface area contributed by atoms with Gasteiger partial charge in [-0.05, 0) is 44.2 Å². The molecule has 1 saturated heterocycles. The second-order valence-corrected chi connectivity index (χ2v) is 5.67. The van der Waals surface area contributed by atoms with Crippen LogP contribution < -0.4 is 5.73 Å². The van der Waals surface area contributed by atoms with Crippen LogP contribution in [0.3, 0.4) is 0 Å². The van der Waals surface area contributed by atoms with Crippen molar-refractivity contribution in [3.8, 4) is 0 Å². The van der Waals surface area contributed by atoms with Crippen molar-refractivity contribution < 1.29 is 13.2 Å². The van der Waals surface area contributed by atoms with Gasteiger partial charge in [-0.2, -0.15) is 13.2 Å². The minimum absolute atomic E-state index is 0.119. The van der Waals surface area contributed by atoms with Crippen molar-refractivity contribution in [1.82, 2.24) is 4.90 Å². The largest absolute Gasteiger partial charge is 0.393 e. The maximum atomic E-state index is 12.7. The first-order valence-electron chi connectivity index (χ1n) is 6.44. The summed E-state index contributed by atoms with van der Waals surface area (Å²) < 4.78 is 38.0. The van der Waals surface area contributed by atoms with Crippen molar-refractivity contribution in [2.75, 3.05) is 26.2 Å². The average molecular weight is 250 g/mol. The third kappa shape index (κ3) is 2.94. The van der Waals surface area contributed by atoms with Gasteiger partial charge < -0.3 is 10.6 Å². The predicted molar refractivity (Wildman–Crippen MR) is 60.6 cm³/mol. The zero-order valence-corrected chi connectivity index (χ0v) is 10.1. The molecule has 2 fully saturated rings. The van der Waals surface area contributed by atoms with Gasteiger partial charge in [0.1, 0.15) is 0 Å². The maximum Gasteiger partial charge on any atom is 0.393 e. The highest BCUT2D eigenvalue weighted by Crippen LogP contribution is 2.42. The Labute approximate surface area is 100 Å². The van der Waals surface area contributed by atoms with Crippen molar-refractivity contribution in [1.29, 1.82) is 0 Å². The summed E-state index contributed by atoms with van der Waals surface area (Å²) >= 11 is 0. The molecule has 0 amide bonds. The van der Waals surface area contributed by atoms with E-state index in [1.807, 2.05) is 4.90 Å². The molecule has 2 rings (SSSR count). The minimum atomic E-state index is -4.03. The number of hydrogen-bond acceptors (Lipinski definition) is 2. The van der Waals surface area contributed by atoms with Crippen LogP contribution in [-0.2, 0) is 0 Å². The van der Waals surface area contributed by atoms with Gasteiger partial charge in [0, 0.05) is 13.1 Å². The van der Waals surface area contributed by atoms with Crippen LogP contribution in [0.15, 0.2) is 0 Å². The predicted octanol–water partition coefficient (Wildman–Crippen LogP) is 2.39. The van der Waals surface area contributed by atoms with Crippen LogP contribution in [0.4, 0.5) is 13.2 Å². The second kappa shape index (κ2) is 4.76. The monoisotopic (exact) mass is 250 g/mol. The molecule has 1 atom stereocenters. The van der Waals surface area contributed by atoms with Crippen molar-refractivity contribution in [3.63, 3.8) is 0 Å². The van der Waals surface area contributed by atoms with Crippen LogP contribution in [-0.4, -0.2) is 37.3 Å². The Morgan fingerprint density at radius 2 is 1.94 bits per heavy atom. The van der Waals surface area contributed by atoms with E-state index in [2.05, 4.69) is 0 Å². The third-order valence-corrected chi connectivity index (χ3v) is 4.37. The molecule has 0 radical (unpaired) electrons. The lowest BCUT2D eigenvalue weighted by molar-refractivity contribution is -0.188. The van der Waals surface area contributed by atoms with E-state index in [0.29, 0.717) is 13.0 Å². The van der Waals surface area contributed by atoms with Crippen molar-refractivity contribution in [2.45, 2.75) is 38.3 Å². The fraction of sp³-hybridized carbons (Fsp3) is 1.00. The smallest absolute Gasteiger partial charge is 0.330 e. The summed E-state index contributed by atoms with van der Waals surface area (Å²) in [6.45, 7) is 2.34. The molecule has 17 heavy (non-hydrogen) atoms. The Morgan fingerprint density at radius 1 is 1.24 bits per heavy atom. The Bertz CT molecular complexity index is 255. The zero-order chi connectivity index (χ0) is 12.5. The maximum absolute atomic E-state index is 12.7. The van der Waals surface area contributed by atoms with E-state index in [9.17, 15) is 13.2 Å². The molecule has 5 heteroatoms. The van der Waals surface area contributed by atoms with E-state index < -0.39 is 12.1 Å². The average Bonchev–Trinajstić information content (AvgIpc) is 2.23. The fourth-order valence-corrected chi connectivity index (χ4v) is 3.04. The van der Waals surface area contributed by atoms with Gasteiger partial charge in [-0.1, -0.05) is 6.42 Å². The fourth-order valence-electron chi connectivity index (χ4n) is 3.04. The van der Waals surface area contributed by atoms with Crippen LogP contribution in [0, 0.1) is 11.3 Å². The summed E-state index contributed by atoms with van der Waals surface area (Å²) in [4.78, 5) is 1.98. The Morgan fingerprint density at radius 3 is 2.41 bits per heavy atom. The van der Waals surface area contributed by atoms with Gasteiger partial charge in [0.2, 0.25) is 0 Å². The quantitative estimate of drug-likeness (QED) is 0.833. The molecule has 2 N–H and O–H groups in total.